The highest BCUT2D eigenvalue weighted by molar-refractivity contribution is 5.75. The van der Waals surface area contributed by atoms with Gasteiger partial charge in [-0.05, 0) is 45.2 Å². The minimum Gasteiger partial charge on any atom is -0.331 e. The van der Waals surface area contributed by atoms with Crippen LogP contribution in [-0.2, 0) is 0 Å². The summed E-state index contributed by atoms with van der Waals surface area (Å²) in [6, 6.07) is 6.98. The Morgan fingerprint density at radius 2 is 2.05 bits per heavy atom. The summed E-state index contributed by atoms with van der Waals surface area (Å²) in [4.78, 5) is 28.6. The number of hydrogen-bond acceptors (Lipinski definition) is 7. The molecule has 1 saturated heterocycles. The summed E-state index contributed by atoms with van der Waals surface area (Å²) in [5.41, 5.74) is 2.64. The van der Waals surface area contributed by atoms with Crippen molar-refractivity contribution in [2.45, 2.75) is 45.6 Å². The monoisotopic (exact) mass is 504 g/mol. The lowest BCUT2D eigenvalue weighted by Crippen LogP contribution is -2.45. The third-order valence-corrected chi connectivity index (χ3v) is 6.30. The average Bonchev–Trinajstić information content (AvgIpc) is 3.51. The number of amides is 2. The van der Waals surface area contributed by atoms with Crippen molar-refractivity contribution < 1.29 is 9.18 Å². The summed E-state index contributed by atoms with van der Waals surface area (Å²) in [7, 11) is 0. The van der Waals surface area contributed by atoms with Gasteiger partial charge in [0.15, 0.2) is 17.5 Å². The molecule has 0 saturated carbocycles. The Morgan fingerprint density at radius 1 is 1.19 bits per heavy atom. The number of likely N-dealkylation sites (tertiary alicyclic amines) is 1. The van der Waals surface area contributed by atoms with Gasteiger partial charge in [0.25, 0.3) is 0 Å². The highest BCUT2D eigenvalue weighted by Crippen LogP contribution is 2.27. The summed E-state index contributed by atoms with van der Waals surface area (Å²) in [5.74, 6) is 2.20. The summed E-state index contributed by atoms with van der Waals surface area (Å²) < 4.78 is 14.6. The number of piperidine rings is 1. The maximum absolute atomic E-state index is 13.2. The molecule has 5 heterocycles. The summed E-state index contributed by atoms with van der Waals surface area (Å²) in [6.45, 7) is 6.98. The second-order valence-corrected chi connectivity index (χ2v) is 9.32. The number of hydrogen-bond donors (Lipinski definition) is 3. The van der Waals surface area contributed by atoms with Gasteiger partial charge in [0, 0.05) is 48.7 Å². The van der Waals surface area contributed by atoms with Gasteiger partial charge < -0.3 is 15.5 Å². The standard InChI is InChI=1S/C25H29FN10O/c1-15-9-21(31-22-10-16(2)33-34-22)32-24(29-15)19-5-4-8-35(13-19)25(37)30-17(3)18-6-7-23(27-11-18)36-14-20(26)12-28-36/h6-7,9-12,14,17,19H,4-5,8,13H2,1-3H3,(H,30,37)(H2,29,31,32,33,34)/t17-,19?/m1/s1. The van der Waals surface area contributed by atoms with Crippen molar-refractivity contribution in [3.05, 3.63) is 71.4 Å². The SMILES string of the molecule is Cc1cc(Nc2cc(C)[nH]n2)nc(C2CCCN(C(=O)N[C@H](C)c3ccc(-n4cc(F)cn4)nc3)C2)n1. The Hall–Kier alpha value is -4.35. The van der Waals surface area contributed by atoms with Crippen LogP contribution in [0.2, 0.25) is 0 Å². The number of nitrogens with zero attached hydrogens (tertiary/aromatic N) is 7. The third kappa shape index (κ3) is 5.74. The van der Waals surface area contributed by atoms with Gasteiger partial charge in [0.1, 0.15) is 11.6 Å². The zero-order valence-electron chi connectivity index (χ0n) is 20.9. The predicted octanol–water partition coefficient (Wildman–Crippen LogP) is 3.93. The van der Waals surface area contributed by atoms with Crippen LogP contribution in [-0.4, -0.2) is 59.0 Å². The molecule has 2 atom stereocenters. The first-order chi connectivity index (χ1) is 17.8. The first kappa shape index (κ1) is 24.3. The van der Waals surface area contributed by atoms with E-state index in [0.29, 0.717) is 30.5 Å². The van der Waals surface area contributed by atoms with Crippen LogP contribution >= 0.6 is 0 Å². The molecule has 2 amide bonds. The fourth-order valence-corrected chi connectivity index (χ4v) is 4.40. The summed E-state index contributed by atoms with van der Waals surface area (Å²) >= 11 is 0. The lowest BCUT2D eigenvalue weighted by molar-refractivity contribution is 0.175. The molecular formula is C25H29FN10O. The van der Waals surface area contributed by atoms with Crippen LogP contribution in [0.15, 0.2) is 42.9 Å². The average molecular weight is 505 g/mol. The molecular weight excluding hydrogens is 475 g/mol. The highest BCUT2D eigenvalue weighted by Gasteiger charge is 2.28. The van der Waals surface area contributed by atoms with Gasteiger partial charge in [-0.3, -0.25) is 5.10 Å². The molecule has 0 aromatic carbocycles. The van der Waals surface area contributed by atoms with E-state index in [4.69, 9.17) is 4.98 Å². The van der Waals surface area contributed by atoms with Crippen molar-refractivity contribution in [3.63, 3.8) is 0 Å². The van der Waals surface area contributed by atoms with Crippen LogP contribution in [0.1, 0.15) is 54.5 Å². The van der Waals surface area contributed by atoms with E-state index < -0.39 is 5.82 Å². The van der Waals surface area contributed by atoms with Gasteiger partial charge in [-0.1, -0.05) is 6.07 Å². The molecule has 1 unspecified atom stereocenters. The number of aromatic nitrogens is 7. The Labute approximate surface area is 213 Å². The molecule has 0 spiro atoms. The number of anilines is 2. The van der Waals surface area contributed by atoms with Crippen molar-refractivity contribution in [1.29, 1.82) is 0 Å². The van der Waals surface area contributed by atoms with E-state index in [-0.39, 0.29) is 18.0 Å². The van der Waals surface area contributed by atoms with E-state index in [1.807, 2.05) is 43.9 Å². The molecule has 3 N–H and O–H groups in total. The number of aromatic amines is 1. The van der Waals surface area contributed by atoms with Crippen LogP contribution < -0.4 is 10.6 Å². The number of nitrogens with one attached hydrogen (secondary N) is 3. The first-order valence-electron chi connectivity index (χ1n) is 12.2. The number of carbonyl (C=O) groups excluding carboxylic acids is 1. The molecule has 1 aliphatic heterocycles. The van der Waals surface area contributed by atoms with Crippen LogP contribution in [0, 0.1) is 19.7 Å². The van der Waals surface area contributed by atoms with Gasteiger partial charge in [-0.25, -0.2) is 28.8 Å². The Kier molecular flexibility index (Phi) is 6.80. The molecule has 37 heavy (non-hydrogen) atoms. The Morgan fingerprint density at radius 3 is 2.76 bits per heavy atom. The van der Waals surface area contributed by atoms with Crippen molar-refractivity contribution >= 4 is 17.7 Å². The Bertz CT molecular complexity index is 1380. The largest absolute Gasteiger partial charge is 0.331 e. The first-order valence-corrected chi connectivity index (χ1v) is 12.2. The lowest BCUT2D eigenvalue weighted by atomic mass is 9.97. The lowest BCUT2D eigenvalue weighted by Gasteiger charge is -2.33. The fraction of sp³-hybridized carbons (Fsp3) is 0.360. The summed E-state index contributed by atoms with van der Waals surface area (Å²) in [5, 5.41) is 17.3. The van der Waals surface area contributed by atoms with Gasteiger partial charge in [-0.15, -0.1) is 0 Å². The van der Waals surface area contributed by atoms with E-state index in [2.05, 4.69) is 35.9 Å². The van der Waals surface area contributed by atoms with Crippen molar-refractivity contribution in [2.75, 3.05) is 18.4 Å². The van der Waals surface area contributed by atoms with Crippen molar-refractivity contribution in [2.24, 2.45) is 0 Å². The Balaban J connectivity index is 1.22. The molecule has 192 valence electrons. The molecule has 0 bridgehead atoms. The molecule has 0 aliphatic carbocycles. The van der Waals surface area contributed by atoms with Crippen LogP contribution in [0.3, 0.4) is 0 Å². The number of halogens is 1. The minimum atomic E-state index is -0.428. The van der Waals surface area contributed by atoms with E-state index in [9.17, 15) is 9.18 Å². The van der Waals surface area contributed by atoms with Crippen LogP contribution in [0.5, 0.6) is 0 Å². The topological polar surface area (TPSA) is 130 Å². The number of aryl methyl sites for hydroxylation is 2. The zero-order valence-corrected chi connectivity index (χ0v) is 20.9. The number of H-pyrrole nitrogens is 1. The van der Waals surface area contributed by atoms with E-state index >= 15 is 0 Å². The van der Waals surface area contributed by atoms with Gasteiger partial charge in [0.2, 0.25) is 0 Å². The molecule has 0 radical (unpaired) electrons. The molecule has 11 nitrogen and oxygen atoms in total. The number of rotatable bonds is 6. The second kappa shape index (κ2) is 10.3. The van der Waals surface area contributed by atoms with E-state index in [1.165, 1.54) is 10.9 Å². The second-order valence-electron chi connectivity index (χ2n) is 9.32. The predicted molar refractivity (Wildman–Crippen MR) is 135 cm³/mol. The van der Waals surface area contributed by atoms with E-state index in [1.54, 1.807) is 12.3 Å². The summed E-state index contributed by atoms with van der Waals surface area (Å²) in [6.07, 6.45) is 5.82. The van der Waals surface area contributed by atoms with E-state index in [0.717, 1.165) is 41.8 Å². The number of carbonyl (C=O) groups is 1. The molecule has 1 aliphatic rings. The number of pyridine rings is 1. The highest BCUT2D eigenvalue weighted by atomic mass is 19.1. The zero-order chi connectivity index (χ0) is 25.9. The quantitative estimate of drug-likeness (QED) is 0.363. The molecule has 5 rings (SSSR count). The maximum atomic E-state index is 13.2. The normalized spacial score (nSPS) is 16.4. The van der Waals surface area contributed by atoms with Gasteiger partial charge in [-0.2, -0.15) is 10.2 Å². The molecule has 4 aromatic heterocycles. The van der Waals surface area contributed by atoms with Crippen molar-refractivity contribution in [3.8, 4) is 5.82 Å². The number of urea groups is 1. The fourth-order valence-electron chi connectivity index (χ4n) is 4.40. The van der Waals surface area contributed by atoms with Gasteiger partial charge >= 0.3 is 6.03 Å². The minimum absolute atomic E-state index is 0.0339. The molecule has 4 aromatic rings. The maximum Gasteiger partial charge on any atom is 0.317 e. The smallest absolute Gasteiger partial charge is 0.317 e. The third-order valence-electron chi connectivity index (χ3n) is 6.30. The van der Waals surface area contributed by atoms with Crippen LogP contribution in [0.4, 0.5) is 20.8 Å². The molecule has 1 fully saturated rings. The van der Waals surface area contributed by atoms with Gasteiger partial charge in [0.05, 0.1) is 18.4 Å². The van der Waals surface area contributed by atoms with Crippen LogP contribution in [0.25, 0.3) is 5.82 Å². The van der Waals surface area contributed by atoms with Crippen molar-refractivity contribution in [1.82, 2.24) is 45.1 Å². The molecule has 12 heteroatoms.